The largest absolute Gasteiger partial charge is 0.339 e. The van der Waals surface area contributed by atoms with Gasteiger partial charge in [-0.2, -0.15) is 4.98 Å². The first-order valence-electron chi connectivity index (χ1n) is 7.47. The molecule has 3 rings (SSSR count). The van der Waals surface area contributed by atoms with E-state index in [9.17, 15) is 8.42 Å². The van der Waals surface area contributed by atoms with Crippen molar-refractivity contribution >= 4 is 9.84 Å². The molecule has 4 atom stereocenters. The smallest absolute Gasteiger partial charge is 0.229 e. The van der Waals surface area contributed by atoms with Gasteiger partial charge in [0, 0.05) is 11.8 Å². The summed E-state index contributed by atoms with van der Waals surface area (Å²) in [6.45, 7) is 4.53. The van der Waals surface area contributed by atoms with Crippen LogP contribution in [0.5, 0.6) is 0 Å². The first-order valence-corrected chi connectivity index (χ1v) is 9.29. The summed E-state index contributed by atoms with van der Waals surface area (Å²) in [5, 5.41) is 4.04. The highest BCUT2D eigenvalue weighted by atomic mass is 32.2. The Morgan fingerprint density at radius 3 is 2.40 bits per heavy atom. The molecule has 6 heteroatoms. The maximum atomic E-state index is 11.5. The van der Waals surface area contributed by atoms with Crippen LogP contribution >= 0.6 is 0 Å². The molecule has 1 unspecified atom stereocenters. The van der Waals surface area contributed by atoms with Crippen LogP contribution in [-0.4, -0.2) is 30.1 Å². The molecule has 1 aliphatic heterocycles. The first kappa shape index (κ1) is 14.0. The predicted molar refractivity (Wildman–Crippen MR) is 75.2 cm³/mol. The summed E-state index contributed by atoms with van der Waals surface area (Å²) in [5.74, 6) is 3.36. The highest BCUT2D eigenvalue weighted by Crippen LogP contribution is 2.39. The van der Waals surface area contributed by atoms with E-state index in [2.05, 4.69) is 24.0 Å². The monoisotopic (exact) mass is 298 g/mol. The number of hydrogen-bond acceptors (Lipinski definition) is 5. The number of nitrogens with zero attached hydrogens (tertiary/aromatic N) is 2. The van der Waals surface area contributed by atoms with Crippen molar-refractivity contribution in [1.82, 2.24) is 10.1 Å². The summed E-state index contributed by atoms with van der Waals surface area (Å²) in [6, 6.07) is 0. The van der Waals surface area contributed by atoms with E-state index in [4.69, 9.17) is 4.52 Å². The minimum Gasteiger partial charge on any atom is -0.339 e. The van der Waals surface area contributed by atoms with Crippen LogP contribution in [-0.2, 0) is 9.84 Å². The first-order chi connectivity index (χ1) is 9.43. The van der Waals surface area contributed by atoms with E-state index in [1.165, 1.54) is 6.42 Å². The molecule has 0 aromatic carbocycles. The lowest BCUT2D eigenvalue weighted by Gasteiger charge is -2.29. The zero-order chi connectivity index (χ0) is 14.3. The zero-order valence-electron chi connectivity index (χ0n) is 12.1. The topological polar surface area (TPSA) is 73.1 Å². The van der Waals surface area contributed by atoms with Gasteiger partial charge in [-0.25, -0.2) is 8.42 Å². The van der Waals surface area contributed by atoms with Crippen LogP contribution in [0.4, 0.5) is 0 Å². The van der Waals surface area contributed by atoms with Crippen LogP contribution in [0.15, 0.2) is 4.52 Å². The molecule has 0 radical (unpaired) electrons. The molecular formula is C14H22N2O3S. The fourth-order valence-corrected chi connectivity index (χ4v) is 5.47. The van der Waals surface area contributed by atoms with Gasteiger partial charge in [-0.05, 0) is 37.5 Å². The Morgan fingerprint density at radius 2 is 1.80 bits per heavy atom. The van der Waals surface area contributed by atoms with Crippen LogP contribution in [0.25, 0.3) is 0 Å². The molecule has 1 aromatic heterocycles. The van der Waals surface area contributed by atoms with Gasteiger partial charge in [0.2, 0.25) is 5.89 Å². The number of sulfone groups is 1. The normalized spacial score (nSPS) is 37.1. The van der Waals surface area contributed by atoms with E-state index in [1.54, 1.807) is 0 Å². The average molecular weight is 298 g/mol. The van der Waals surface area contributed by atoms with E-state index in [0.29, 0.717) is 35.9 Å². The number of aromatic nitrogens is 2. The third-order valence-corrected chi connectivity index (χ3v) is 6.35. The molecule has 2 aliphatic rings. The van der Waals surface area contributed by atoms with Crippen molar-refractivity contribution in [3.63, 3.8) is 0 Å². The Hall–Kier alpha value is -0.910. The molecule has 1 saturated heterocycles. The molecule has 1 saturated carbocycles. The van der Waals surface area contributed by atoms with Crippen molar-refractivity contribution in [1.29, 1.82) is 0 Å². The van der Waals surface area contributed by atoms with E-state index >= 15 is 0 Å². The third-order valence-electron chi connectivity index (χ3n) is 4.58. The lowest BCUT2D eigenvalue weighted by Crippen LogP contribution is -2.18. The summed E-state index contributed by atoms with van der Waals surface area (Å²) in [5.41, 5.74) is 0. The van der Waals surface area contributed by atoms with E-state index in [0.717, 1.165) is 12.8 Å². The second kappa shape index (κ2) is 5.13. The highest BCUT2D eigenvalue weighted by molar-refractivity contribution is 7.91. The summed E-state index contributed by atoms with van der Waals surface area (Å²) in [4.78, 5) is 4.51. The van der Waals surface area contributed by atoms with Gasteiger partial charge < -0.3 is 4.52 Å². The van der Waals surface area contributed by atoms with Crippen LogP contribution in [0, 0.1) is 11.8 Å². The van der Waals surface area contributed by atoms with Gasteiger partial charge in [0.1, 0.15) is 0 Å². The van der Waals surface area contributed by atoms with Crippen molar-refractivity contribution < 1.29 is 12.9 Å². The Morgan fingerprint density at radius 1 is 1.10 bits per heavy atom. The van der Waals surface area contributed by atoms with Gasteiger partial charge in [-0.3, -0.25) is 0 Å². The van der Waals surface area contributed by atoms with E-state index < -0.39 is 9.84 Å². The second-order valence-electron chi connectivity index (χ2n) is 6.71. The van der Waals surface area contributed by atoms with Crippen LogP contribution in [0.3, 0.4) is 0 Å². The zero-order valence-corrected chi connectivity index (χ0v) is 12.9. The Balaban J connectivity index is 1.74. The van der Waals surface area contributed by atoms with Crippen molar-refractivity contribution in [2.45, 2.75) is 51.4 Å². The molecule has 5 nitrogen and oxygen atoms in total. The Kier molecular flexibility index (Phi) is 3.60. The van der Waals surface area contributed by atoms with Crippen molar-refractivity contribution in [3.05, 3.63) is 11.7 Å². The molecular weight excluding hydrogens is 276 g/mol. The fourth-order valence-electron chi connectivity index (χ4n) is 3.73. The van der Waals surface area contributed by atoms with Gasteiger partial charge in [-0.1, -0.05) is 19.0 Å². The molecule has 0 amide bonds. The highest BCUT2D eigenvalue weighted by Gasteiger charge is 2.34. The van der Waals surface area contributed by atoms with Crippen molar-refractivity contribution in [3.8, 4) is 0 Å². The molecule has 1 aromatic rings. The minimum absolute atomic E-state index is 0.0732. The maximum Gasteiger partial charge on any atom is 0.229 e. The summed E-state index contributed by atoms with van der Waals surface area (Å²) in [6.07, 6.45) is 4.07. The standard InChI is InChI=1S/C14H22N2O3S/c1-9-5-10(2)7-12(6-9)14-15-13(16-19-14)11-3-4-20(17,18)8-11/h9-12H,3-8H2,1-2H3/t9-,10+,11-,12?/m1/s1. The molecule has 2 heterocycles. The van der Waals surface area contributed by atoms with Crippen LogP contribution < -0.4 is 0 Å². The van der Waals surface area contributed by atoms with Gasteiger partial charge in [0.25, 0.3) is 0 Å². The number of rotatable bonds is 2. The van der Waals surface area contributed by atoms with Crippen molar-refractivity contribution in [2.24, 2.45) is 11.8 Å². The van der Waals surface area contributed by atoms with Gasteiger partial charge in [0.15, 0.2) is 15.7 Å². The molecule has 112 valence electrons. The van der Waals surface area contributed by atoms with E-state index in [1.807, 2.05) is 0 Å². The predicted octanol–water partition coefficient (Wildman–Crippen LogP) is 2.51. The van der Waals surface area contributed by atoms with Gasteiger partial charge >= 0.3 is 0 Å². The third kappa shape index (κ3) is 2.90. The molecule has 0 N–H and O–H groups in total. The fraction of sp³-hybridized carbons (Fsp3) is 0.857. The molecule has 0 spiro atoms. The lowest BCUT2D eigenvalue weighted by atomic mass is 9.77. The van der Waals surface area contributed by atoms with Gasteiger partial charge in [-0.15, -0.1) is 0 Å². The Bertz CT molecular complexity index is 571. The van der Waals surface area contributed by atoms with Crippen molar-refractivity contribution in [2.75, 3.05) is 11.5 Å². The quantitative estimate of drug-likeness (QED) is 0.838. The molecule has 0 bridgehead atoms. The Labute approximate surface area is 120 Å². The summed E-state index contributed by atoms with van der Waals surface area (Å²) >= 11 is 0. The second-order valence-corrected chi connectivity index (χ2v) is 8.93. The maximum absolute atomic E-state index is 11.5. The van der Waals surface area contributed by atoms with Crippen LogP contribution in [0.2, 0.25) is 0 Å². The lowest BCUT2D eigenvalue weighted by molar-refractivity contribution is 0.228. The summed E-state index contributed by atoms with van der Waals surface area (Å²) < 4.78 is 28.5. The van der Waals surface area contributed by atoms with Gasteiger partial charge in [0.05, 0.1) is 11.5 Å². The average Bonchev–Trinajstić information content (AvgIpc) is 2.94. The number of hydrogen-bond donors (Lipinski definition) is 0. The minimum atomic E-state index is -2.90. The van der Waals surface area contributed by atoms with Crippen LogP contribution in [0.1, 0.15) is 63.1 Å². The SMILES string of the molecule is C[C@@H]1CC(c2nc([C@@H]3CCS(=O)(=O)C3)no2)C[C@H](C)C1. The van der Waals surface area contributed by atoms with E-state index in [-0.39, 0.29) is 17.4 Å². The molecule has 1 aliphatic carbocycles. The molecule has 20 heavy (non-hydrogen) atoms. The molecule has 2 fully saturated rings. The summed E-state index contributed by atoms with van der Waals surface area (Å²) in [7, 11) is -2.90.